The minimum absolute atomic E-state index is 0.107. The molecule has 2 amide bonds. The molecule has 2 aromatic carbocycles. The lowest BCUT2D eigenvalue weighted by molar-refractivity contribution is 0.100. The van der Waals surface area contributed by atoms with E-state index in [2.05, 4.69) is 41.5 Å². The van der Waals surface area contributed by atoms with Crippen molar-refractivity contribution < 1.29 is 9.53 Å². The highest BCUT2D eigenvalue weighted by Gasteiger charge is 2.38. The molecule has 0 aromatic heterocycles. The first kappa shape index (κ1) is 19.8. The molecule has 2 aromatic rings. The smallest absolute Gasteiger partial charge is 0.322 e. The quantitative estimate of drug-likeness (QED) is 0.720. The number of fused-ring (bicyclic) bond motifs is 2. The van der Waals surface area contributed by atoms with Gasteiger partial charge in [0.25, 0.3) is 0 Å². The number of urea groups is 1. The molecule has 0 spiro atoms. The molecule has 1 saturated heterocycles. The Hall–Kier alpha value is -2.50. The zero-order valence-electron chi connectivity index (χ0n) is 16.7. The van der Waals surface area contributed by atoms with Crippen molar-refractivity contribution in [1.29, 1.82) is 0 Å². The van der Waals surface area contributed by atoms with E-state index in [9.17, 15) is 4.79 Å². The first-order valence-electron chi connectivity index (χ1n) is 9.90. The topological polar surface area (TPSA) is 44.8 Å². The molecule has 0 saturated carbocycles. The van der Waals surface area contributed by atoms with Crippen LogP contribution in [0, 0.1) is 0 Å². The summed E-state index contributed by atoms with van der Waals surface area (Å²) in [4.78, 5) is 17.7. The molecule has 2 aliphatic heterocycles. The summed E-state index contributed by atoms with van der Waals surface area (Å²) in [5, 5.41) is 3.50. The summed E-state index contributed by atoms with van der Waals surface area (Å²) >= 11 is 6.23. The molecule has 4 rings (SSSR count). The molecular formula is C23H26ClN3O2. The monoisotopic (exact) mass is 411 g/mol. The number of ether oxygens (including phenoxy) is 1. The average molecular weight is 412 g/mol. The van der Waals surface area contributed by atoms with Crippen molar-refractivity contribution in [3.05, 3.63) is 71.3 Å². The van der Waals surface area contributed by atoms with Crippen molar-refractivity contribution in [3.63, 3.8) is 0 Å². The molecule has 3 atom stereocenters. The highest BCUT2D eigenvalue weighted by Crippen LogP contribution is 2.33. The minimum atomic E-state index is -0.107. The molecule has 2 aliphatic rings. The van der Waals surface area contributed by atoms with Crippen LogP contribution in [-0.2, 0) is 6.54 Å². The van der Waals surface area contributed by atoms with Crippen LogP contribution in [0.4, 0.5) is 10.5 Å². The van der Waals surface area contributed by atoms with E-state index in [-0.39, 0.29) is 12.1 Å². The molecule has 0 aliphatic carbocycles. The number of nitrogens with zero attached hydrogens (tertiary/aromatic N) is 2. The number of hydrogen-bond acceptors (Lipinski definition) is 3. The van der Waals surface area contributed by atoms with Crippen LogP contribution in [0.25, 0.3) is 0 Å². The number of anilines is 1. The van der Waals surface area contributed by atoms with Crippen molar-refractivity contribution in [2.45, 2.75) is 37.5 Å². The first-order chi connectivity index (χ1) is 14.0. The van der Waals surface area contributed by atoms with Crippen molar-refractivity contribution in [1.82, 2.24) is 9.80 Å². The second-order valence-electron chi connectivity index (χ2n) is 7.70. The molecular weight excluding hydrogens is 386 g/mol. The maximum absolute atomic E-state index is 13.3. The van der Waals surface area contributed by atoms with Gasteiger partial charge in [-0.1, -0.05) is 54.1 Å². The van der Waals surface area contributed by atoms with Gasteiger partial charge in [-0.15, -0.1) is 0 Å². The second kappa shape index (κ2) is 8.47. The SMILES string of the molecule is COc1ccc(NC(=O)N(Cc2ccccc2)C2C[C@H]3C=C[C@@H](C2)N3C)cc1Cl. The third kappa shape index (κ3) is 4.26. The van der Waals surface area contributed by atoms with E-state index in [1.807, 2.05) is 29.2 Å². The number of likely N-dealkylation sites (N-methyl/N-ethyl adjacent to an activating group) is 1. The summed E-state index contributed by atoms with van der Waals surface area (Å²) in [6.07, 6.45) is 6.42. The minimum Gasteiger partial charge on any atom is -0.495 e. The van der Waals surface area contributed by atoms with Crippen molar-refractivity contribution in [3.8, 4) is 5.75 Å². The van der Waals surface area contributed by atoms with E-state index in [0.717, 1.165) is 18.4 Å². The maximum atomic E-state index is 13.3. The van der Waals surface area contributed by atoms with Gasteiger partial charge >= 0.3 is 6.03 Å². The van der Waals surface area contributed by atoms with Gasteiger partial charge in [0.05, 0.1) is 12.1 Å². The van der Waals surface area contributed by atoms with E-state index < -0.39 is 0 Å². The molecule has 1 unspecified atom stereocenters. The largest absolute Gasteiger partial charge is 0.495 e. The normalized spacial score (nSPS) is 23.1. The Morgan fingerprint density at radius 1 is 1.17 bits per heavy atom. The fraction of sp³-hybridized carbons (Fsp3) is 0.348. The standard InChI is InChI=1S/C23H26ClN3O2/c1-26-18-9-10-19(26)14-20(13-18)27(15-16-6-4-3-5-7-16)23(28)25-17-8-11-22(29-2)21(24)12-17/h3-12,18-20H,13-15H2,1-2H3,(H,25,28)/t18-,19+,20?. The highest BCUT2D eigenvalue weighted by molar-refractivity contribution is 6.32. The van der Waals surface area contributed by atoms with Crippen LogP contribution < -0.4 is 10.1 Å². The number of nitrogens with one attached hydrogen (secondary N) is 1. The lowest BCUT2D eigenvalue weighted by Gasteiger charge is -2.42. The molecule has 2 bridgehead atoms. The van der Waals surface area contributed by atoms with Gasteiger partial charge in [-0.2, -0.15) is 0 Å². The number of methoxy groups -OCH3 is 1. The van der Waals surface area contributed by atoms with Crippen molar-refractivity contribution >= 4 is 23.3 Å². The molecule has 0 radical (unpaired) electrons. The van der Waals surface area contributed by atoms with Gasteiger partial charge in [0, 0.05) is 30.4 Å². The maximum Gasteiger partial charge on any atom is 0.322 e. The fourth-order valence-corrected chi connectivity index (χ4v) is 4.52. The zero-order valence-corrected chi connectivity index (χ0v) is 17.5. The van der Waals surface area contributed by atoms with Gasteiger partial charge < -0.3 is 15.0 Å². The Labute approximate surface area is 176 Å². The summed E-state index contributed by atoms with van der Waals surface area (Å²) in [6.45, 7) is 0.574. The number of carbonyl (C=O) groups excluding carboxylic acids is 1. The Kier molecular flexibility index (Phi) is 5.79. The van der Waals surface area contributed by atoms with Crippen LogP contribution >= 0.6 is 11.6 Å². The number of halogens is 1. The summed E-state index contributed by atoms with van der Waals surface area (Å²) in [7, 11) is 3.73. The number of piperidine rings is 1. The Morgan fingerprint density at radius 3 is 2.48 bits per heavy atom. The Balaban J connectivity index is 1.54. The van der Waals surface area contributed by atoms with Gasteiger partial charge in [-0.25, -0.2) is 4.79 Å². The summed E-state index contributed by atoms with van der Waals surface area (Å²) in [5.74, 6) is 0.587. The van der Waals surface area contributed by atoms with E-state index in [4.69, 9.17) is 16.3 Å². The predicted octanol–water partition coefficient (Wildman–Crippen LogP) is 4.78. The van der Waals surface area contributed by atoms with Crippen LogP contribution in [0.5, 0.6) is 5.75 Å². The summed E-state index contributed by atoms with van der Waals surface area (Å²) in [6, 6.07) is 16.3. The molecule has 2 heterocycles. The van der Waals surface area contributed by atoms with Crippen LogP contribution in [0.3, 0.4) is 0 Å². The lowest BCUT2D eigenvalue weighted by Crippen LogP contribution is -2.51. The number of carbonyl (C=O) groups is 1. The van der Waals surface area contributed by atoms with Crippen LogP contribution in [-0.4, -0.2) is 48.1 Å². The van der Waals surface area contributed by atoms with Crippen molar-refractivity contribution in [2.24, 2.45) is 0 Å². The second-order valence-corrected chi connectivity index (χ2v) is 8.11. The van der Waals surface area contributed by atoms with E-state index in [1.165, 1.54) is 0 Å². The lowest BCUT2D eigenvalue weighted by atomic mass is 9.95. The highest BCUT2D eigenvalue weighted by atomic mass is 35.5. The first-order valence-corrected chi connectivity index (χ1v) is 10.3. The summed E-state index contributed by atoms with van der Waals surface area (Å²) in [5.41, 5.74) is 1.78. The molecule has 1 N–H and O–H groups in total. The number of amides is 2. The molecule has 152 valence electrons. The van der Waals surface area contributed by atoms with Gasteiger partial charge in [-0.05, 0) is 43.7 Å². The molecule has 1 fully saturated rings. The average Bonchev–Trinajstić information content (AvgIpc) is 2.92. The van der Waals surface area contributed by atoms with E-state index in [0.29, 0.717) is 35.1 Å². The van der Waals surface area contributed by atoms with E-state index >= 15 is 0 Å². The zero-order chi connectivity index (χ0) is 20.4. The van der Waals surface area contributed by atoms with Crippen LogP contribution in [0.15, 0.2) is 60.7 Å². The van der Waals surface area contributed by atoms with Crippen molar-refractivity contribution in [2.75, 3.05) is 19.5 Å². The fourth-order valence-electron chi connectivity index (χ4n) is 4.26. The van der Waals surface area contributed by atoms with Gasteiger partial charge in [-0.3, -0.25) is 4.90 Å². The molecule has 5 nitrogen and oxygen atoms in total. The van der Waals surface area contributed by atoms with E-state index in [1.54, 1.807) is 19.2 Å². The Morgan fingerprint density at radius 2 is 1.86 bits per heavy atom. The number of hydrogen-bond donors (Lipinski definition) is 1. The number of rotatable bonds is 5. The number of benzene rings is 2. The summed E-state index contributed by atoms with van der Waals surface area (Å²) < 4.78 is 5.20. The molecule has 29 heavy (non-hydrogen) atoms. The van der Waals surface area contributed by atoms with Gasteiger partial charge in [0.1, 0.15) is 5.75 Å². The van der Waals surface area contributed by atoms with Crippen LogP contribution in [0.1, 0.15) is 18.4 Å². The molecule has 6 heteroatoms. The third-order valence-electron chi connectivity index (χ3n) is 5.93. The van der Waals surface area contributed by atoms with Gasteiger partial charge in [0.15, 0.2) is 0 Å². The van der Waals surface area contributed by atoms with Crippen LogP contribution in [0.2, 0.25) is 5.02 Å². The Bertz CT molecular complexity index is 886. The predicted molar refractivity (Wildman–Crippen MR) is 117 cm³/mol. The van der Waals surface area contributed by atoms with Gasteiger partial charge in [0.2, 0.25) is 0 Å². The third-order valence-corrected chi connectivity index (χ3v) is 6.22.